The molecule has 114 valence electrons. The Morgan fingerprint density at radius 3 is 2.43 bits per heavy atom. The van der Waals surface area contributed by atoms with E-state index < -0.39 is 0 Å². The number of nitriles is 1. The van der Waals surface area contributed by atoms with Gasteiger partial charge in [0.1, 0.15) is 6.04 Å². The van der Waals surface area contributed by atoms with Gasteiger partial charge in [0, 0.05) is 39.3 Å². The molecule has 2 fully saturated rings. The van der Waals surface area contributed by atoms with Crippen LogP contribution in [0.3, 0.4) is 0 Å². The van der Waals surface area contributed by atoms with Gasteiger partial charge in [0.15, 0.2) is 0 Å². The van der Waals surface area contributed by atoms with Crippen molar-refractivity contribution in [2.24, 2.45) is 7.05 Å². The smallest absolute Gasteiger partial charge is 0.140 e. The Labute approximate surface area is 127 Å². The lowest BCUT2D eigenvalue weighted by atomic mass is 10.1. The zero-order valence-corrected chi connectivity index (χ0v) is 13.1. The SMILES string of the molecule is Cc1ncn(C)c1C(C#N)N1CCN(C2CCCC2)CC1. The second kappa shape index (κ2) is 6.17. The first-order valence-corrected chi connectivity index (χ1v) is 8.06. The first-order valence-electron chi connectivity index (χ1n) is 8.06. The number of aromatic nitrogens is 2. The van der Waals surface area contributed by atoms with Crippen molar-refractivity contribution in [2.75, 3.05) is 26.2 Å². The van der Waals surface area contributed by atoms with Gasteiger partial charge in [-0.3, -0.25) is 9.80 Å². The highest BCUT2D eigenvalue weighted by molar-refractivity contribution is 5.22. The van der Waals surface area contributed by atoms with Gasteiger partial charge in [0.2, 0.25) is 0 Å². The molecular formula is C16H25N5. The van der Waals surface area contributed by atoms with Crippen LogP contribution in [0.5, 0.6) is 0 Å². The third-order valence-corrected chi connectivity index (χ3v) is 5.11. The molecule has 0 spiro atoms. The van der Waals surface area contributed by atoms with Crippen LogP contribution in [0.4, 0.5) is 0 Å². The summed E-state index contributed by atoms with van der Waals surface area (Å²) >= 11 is 0. The van der Waals surface area contributed by atoms with E-state index >= 15 is 0 Å². The Morgan fingerprint density at radius 1 is 1.24 bits per heavy atom. The monoisotopic (exact) mass is 287 g/mol. The second-order valence-corrected chi connectivity index (χ2v) is 6.37. The van der Waals surface area contributed by atoms with Gasteiger partial charge in [-0.2, -0.15) is 5.26 Å². The fraction of sp³-hybridized carbons (Fsp3) is 0.750. The molecule has 1 aromatic rings. The normalized spacial score (nSPS) is 23.3. The van der Waals surface area contributed by atoms with Crippen LogP contribution >= 0.6 is 0 Å². The molecule has 1 aliphatic heterocycles. The lowest BCUT2D eigenvalue weighted by molar-refractivity contribution is 0.0822. The fourth-order valence-corrected chi connectivity index (χ4v) is 3.89. The average Bonchev–Trinajstić information content (AvgIpc) is 3.14. The largest absolute Gasteiger partial charge is 0.335 e. The predicted molar refractivity (Wildman–Crippen MR) is 81.7 cm³/mol. The quantitative estimate of drug-likeness (QED) is 0.851. The van der Waals surface area contributed by atoms with Crippen LogP contribution in [0, 0.1) is 18.3 Å². The molecule has 21 heavy (non-hydrogen) atoms. The molecule has 1 saturated carbocycles. The number of piperazine rings is 1. The Morgan fingerprint density at radius 2 is 1.90 bits per heavy atom. The molecule has 0 amide bonds. The van der Waals surface area contributed by atoms with Crippen molar-refractivity contribution in [1.82, 2.24) is 19.4 Å². The molecule has 5 heteroatoms. The van der Waals surface area contributed by atoms with Crippen molar-refractivity contribution < 1.29 is 0 Å². The van der Waals surface area contributed by atoms with Crippen molar-refractivity contribution in [2.45, 2.75) is 44.7 Å². The summed E-state index contributed by atoms with van der Waals surface area (Å²) in [5, 5.41) is 9.63. The molecule has 1 unspecified atom stereocenters. The maximum Gasteiger partial charge on any atom is 0.140 e. The fourth-order valence-electron chi connectivity index (χ4n) is 3.89. The van der Waals surface area contributed by atoms with Gasteiger partial charge in [0.25, 0.3) is 0 Å². The van der Waals surface area contributed by atoms with Gasteiger partial charge in [-0.25, -0.2) is 4.98 Å². The maximum absolute atomic E-state index is 9.63. The van der Waals surface area contributed by atoms with Crippen LogP contribution in [-0.4, -0.2) is 51.6 Å². The number of imidazole rings is 1. The number of hydrogen-bond donors (Lipinski definition) is 0. The predicted octanol–water partition coefficient (Wildman–Crippen LogP) is 1.85. The van der Waals surface area contributed by atoms with Gasteiger partial charge in [0.05, 0.1) is 23.8 Å². The van der Waals surface area contributed by atoms with Crippen LogP contribution in [0.1, 0.15) is 43.1 Å². The molecule has 2 aliphatic rings. The van der Waals surface area contributed by atoms with Crippen LogP contribution in [0.15, 0.2) is 6.33 Å². The van der Waals surface area contributed by atoms with E-state index in [-0.39, 0.29) is 6.04 Å². The molecule has 0 N–H and O–H groups in total. The van der Waals surface area contributed by atoms with E-state index in [1.165, 1.54) is 25.7 Å². The summed E-state index contributed by atoms with van der Waals surface area (Å²) in [7, 11) is 1.98. The molecule has 1 atom stereocenters. The zero-order chi connectivity index (χ0) is 14.8. The van der Waals surface area contributed by atoms with E-state index in [1.54, 1.807) is 0 Å². The molecule has 0 aromatic carbocycles. The third-order valence-electron chi connectivity index (χ3n) is 5.11. The molecular weight excluding hydrogens is 262 g/mol. The third kappa shape index (κ3) is 2.83. The van der Waals surface area contributed by atoms with Crippen molar-refractivity contribution >= 4 is 0 Å². The van der Waals surface area contributed by atoms with Crippen molar-refractivity contribution in [3.05, 3.63) is 17.7 Å². The van der Waals surface area contributed by atoms with Crippen molar-refractivity contribution in [3.63, 3.8) is 0 Å². The maximum atomic E-state index is 9.63. The number of rotatable bonds is 3. The zero-order valence-electron chi connectivity index (χ0n) is 13.1. The highest BCUT2D eigenvalue weighted by atomic mass is 15.3. The van der Waals surface area contributed by atoms with E-state index in [1.807, 2.05) is 24.9 Å². The van der Waals surface area contributed by atoms with E-state index in [2.05, 4.69) is 20.9 Å². The van der Waals surface area contributed by atoms with E-state index in [0.717, 1.165) is 43.6 Å². The molecule has 1 saturated heterocycles. The highest BCUT2D eigenvalue weighted by Crippen LogP contribution is 2.27. The van der Waals surface area contributed by atoms with Gasteiger partial charge >= 0.3 is 0 Å². The van der Waals surface area contributed by atoms with Crippen LogP contribution < -0.4 is 0 Å². The minimum absolute atomic E-state index is 0.164. The first kappa shape index (κ1) is 14.6. The Bertz CT molecular complexity index is 496. The van der Waals surface area contributed by atoms with Crippen molar-refractivity contribution in [1.29, 1.82) is 5.26 Å². The number of aryl methyl sites for hydroxylation is 2. The summed E-state index contributed by atoms with van der Waals surface area (Å²) in [6.07, 6.45) is 7.31. The molecule has 1 aliphatic carbocycles. The summed E-state index contributed by atoms with van der Waals surface area (Å²) in [6, 6.07) is 3.12. The topological polar surface area (TPSA) is 48.1 Å². The van der Waals surface area contributed by atoms with Crippen LogP contribution in [0.2, 0.25) is 0 Å². The summed E-state index contributed by atoms with van der Waals surface area (Å²) < 4.78 is 1.99. The lowest BCUT2D eigenvalue weighted by Gasteiger charge is -2.39. The first-order chi connectivity index (χ1) is 10.2. The molecule has 2 heterocycles. The van der Waals surface area contributed by atoms with Gasteiger partial charge in [-0.15, -0.1) is 0 Å². The average molecular weight is 287 g/mol. The molecule has 0 bridgehead atoms. The number of hydrogen-bond acceptors (Lipinski definition) is 4. The van der Waals surface area contributed by atoms with Gasteiger partial charge in [-0.1, -0.05) is 12.8 Å². The molecule has 1 aromatic heterocycles. The summed E-state index contributed by atoms with van der Waals surface area (Å²) in [4.78, 5) is 9.28. The Hall–Kier alpha value is -1.38. The minimum atomic E-state index is -0.164. The summed E-state index contributed by atoms with van der Waals surface area (Å²) in [5.74, 6) is 0. The van der Waals surface area contributed by atoms with E-state index in [4.69, 9.17) is 0 Å². The summed E-state index contributed by atoms with van der Waals surface area (Å²) in [5.41, 5.74) is 2.02. The Balaban J connectivity index is 1.66. The molecule has 0 radical (unpaired) electrons. The van der Waals surface area contributed by atoms with E-state index in [0.29, 0.717) is 0 Å². The number of nitrogens with zero attached hydrogens (tertiary/aromatic N) is 5. The lowest BCUT2D eigenvalue weighted by Crippen LogP contribution is -2.50. The second-order valence-electron chi connectivity index (χ2n) is 6.37. The Kier molecular flexibility index (Phi) is 4.27. The van der Waals surface area contributed by atoms with Crippen LogP contribution in [-0.2, 0) is 7.05 Å². The van der Waals surface area contributed by atoms with E-state index in [9.17, 15) is 5.26 Å². The molecule has 3 rings (SSSR count). The minimum Gasteiger partial charge on any atom is -0.335 e. The van der Waals surface area contributed by atoms with Crippen molar-refractivity contribution in [3.8, 4) is 6.07 Å². The summed E-state index contributed by atoms with van der Waals surface area (Å²) in [6.45, 7) is 6.16. The molecule has 5 nitrogen and oxygen atoms in total. The van der Waals surface area contributed by atoms with Gasteiger partial charge < -0.3 is 4.57 Å². The van der Waals surface area contributed by atoms with Crippen LogP contribution in [0.25, 0.3) is 0 Å². The standard InChI is InChI=1S/C16H25N5/c1-13-16(19(2)12-18-13)15(11-17)21-9-7-20(8-10-21)14-5-3-4-6-14/h12,14-15H,3-10H2,1-2H3. The highest BCUT2D eigenvalue weighted by Gasteiger charge is 2.31. The van der Waals surface area contributed by atoms with Gasteiger partial charge in [-0.05, 0) is 19.8 Å².